The van der Waals surface area contributed by atoms with Gasteiger partial charge in [-0.3, -0.25) is 14.8 Å². The van der Waals surface area contributed by atoms with E-state index in [4.69, 9.17) is 4.74 Å². The van der Waals surface area contributed by atoms with Gasteiger partial charge in [0.2, 0.25) is 5.82 Å². The fourth-order valence-corrected chi connectivity index (χ4v) is 1.55. The lowest BCUT2D eigenvalue weighted by molar-refractivity contribution is -0.384. The van der Waals surface area contributed by atoms with Crippen molar-refractivity contribution in [1.82, 2.24) is 9.78 Å². The van der Waals surface area contributed by atoms with Crippen LogP contribution in [0.5, 0.6) is 0 Å². The summed E-state index contributed by atoms with van der Waals surface area (Å²) in [6, 6.07) is 0.124. The van der Waals surface area contributed by atoms with Gasteiger partial charge < -0.3 is 10.1 Å². The number of aromatic nitrogens is 2. The Hall–Kier alpha value is -1.63. The van der Waals surface area contributed by atoms with Crippen LogP contribution >= 0.6 is 0 Å². The predicted molar refractivity (Wildman–Crippen MR) is 52.7 cm³/mol. The molecule has 2 heterocycles. The third kappa shape index (κ3) is 2.07. The molecule has 1 aromatic rings. The minimum atomic E-state index is -0.439. The Morgan fingerprint density at radius 2 is 2.60 bits per heavy atom. The van der Waals surface area contributed by atoms with Gasteiger partial charge in [0.25, 0.3) is 0 Å². The van der Waals surface area contributed by atoms with Crippen LogP contribution in [0, 0.1) is 10.1 Å². The SMILES string of the molecule is Cn1cc([N+](=O)[O-])c(NC2CCOC2)n1. The minimum absolute atomic E-state index is 0.00407. The Labute approximate surface area is 86.2 Å². The largest absolute Gasteiger partial charge is 0.379 e. The van der Waals surface area contributed by atoms with Gasteiger partial charge in [0.15, 0.2) is 0 Å². The van der Waals surface area contributed by atoms with Gasteiger partial charge in [-0.05, 0) is 6.42 Å². The number of ether oxygens (including phenoxy) is 1. The van der Waals surface area contributed by atoms with Gasteiger partial charge in [-0.1, -0.05) is 0 Å². The molecule has 1 atom stereocenters. The van der Waals surface area contributed by atoms with Crippen molar-refractivity contribution >= 4 is 11.5 Å². The summed E-state index contributed by atoms with van der Waals surface area (Å²) in [5.41, 5.74) is 0.00407. The van der Waals surface area contributed by atoms with Gasteiger partial charge in [0.1, 0.15) is 6.20 Å². The average Bonchev–Trinajstić information content (AvgIpc) is 2.75. The Morgan fingerprint density at radius 1 is 1.80 bits per heavy atom. The number of hydrogen-bond donors (Lipinski definition) is 1. The molecule has 2 rings (SSSR count). The molecule has 0 spiro atoms. The second-order valence-corrected chi connectivity index (χ2v) is 3.50. The summed E-state index contributed by atoms with van der Waals surface area (Å²) in [4.78, 5) is 10.3. The number of nitrogens with zero attached hydrogens (tertiary/aromatic N) is 3. The van der Waals surface area contributed by atoms with Gasteiger partial charge in [0.05, 0.1) is 17.6 Å². The van der Waals surface area contributed by atoms with Gasteiger partial charge >= 0.3 is 5.69 Å². The van der Waals surface area contributed by atoms with Crippen molar-refractivity contribution in [2.45, 2.75) is 12.5 Å². The average molecular weight is 212 g/mol. The first-order valence-corrected chi connectivity index (χ1v) is 4.69. The molecule has 1 saturated heterocycles. The van der Waals surface area contributed by atoms with E-state index in [-0.39, 0.29) is 11.7 Å². The molecule has 1 aliphatic heterocycles. The Kier molecular flexibility index (Phi) is 2.55. The van der Waals surface area contributed by atoms with E-state index in [2.05, 4.69) is 10.4 Å². The van der Waals surface area contributed by atoms with Crippen LogP contribution < -0.4 is 5.32 Å². The summed E-state index contributed by atoms with van der Waals surface area (Å²) in [5.74, 6) is 0.318. The summed E-state index contributed by atoms with van der Waals surface area (Å²) in [6.45, 7) is 1.27. The van der Waals surface area contributed by atoms with Crippen molar-refractivity contribution in [2.75, 3.05) is 18.5 Å². The van der Waals surface area contributed by atoms with Crippen LogP contribution in [0.1, 0.15) is 6.42 Å². The monoisotopic (exact) mass is 212 g/mol. The second-order valence-electron chi connectivity index (χ2n) is 3.50. The maximum atomic E-state index is 10.7. The van der Waals surface area contributed by atoms with Crippen LogP contribution in [-0.4, -0.2) is 34.0 Å². The van der Waals surface area contributed by atoms with Gasteiger partial charge in [0, 0.05) is 13.7 Å². The molecular weight excluding hydrogens is 200 g/mol. The van der Waals surface area contributed by atoms with E-state index < -0.39 is 4.92 Å². The number of hydrogen-bond acceptors (Lipinski definition) is 5. The van der Waals surface area contributed by atoms with Gasteiger partial charge in [-0.15, -0.1) is 5.10 Å². The standard InChI is InChI=1S/C8H12N4O3/c1-11-4-7(12(13)14)8(10-11)9-6-2-3-15-5-6/h4,6H,2-3,5H2,1H3,(H,9,10). The normalized spacial score (nSPS) is 20.5. The molecule has 7 nitrogen and oxygen atoms in total. The third-order valence-corrected chi connectivity index (χ3v) is 2.28. The molecule has 0 radical (unpaired) electrons. The lowest BCUT2D eigenvalue weighted by Crippen LogP contribution is -2.19. The van der Waals surface area contributed by atoms with Gasteiger partial charge in [-0.25, -0.2) is 0 Å². The Bertz CT molecular complexity index is 370. The first-order valence-electron chi connectivity index (χ1n) is 4.69. The van der Waals surface area contributed by atoms with Crippen LogP contribution in [0.4, 0.5) is 11.5 Å². The summed E-state index contributed by atoms with van der Waals surface area (Å²) in [5, 5.41) is 17.7. The van der Waals surface area contributed by atoms with E-state index in [0.717, 1.165) is 6.42 Å². The highest BCUT2D eigenvalue weighted by molar-refractivity contribution is 5.55. The molecule has 7 heteroatoms. The predicted octanol–water partition coefficient (Wildman–Crippen LogP) is 0.529. The molecule has 0 amide bonds. The zero-order chi connectivity index (χ0) is 10.8. The fraction of sp³-hybridized carbons (Fsp3) is 0.625. The van der Waals surface area contributed by atoms with Crippen molar-refractivity contribution in [1.29, 1.82) is 0 Å². The maximum absolute atomic E-state index is 10.7. The molecule has 1 aromatic heterocycles. The topological polar surface area (TPSA) is 82.2 Å². The van der Waals surface area contributed by atoms with Crippen LogP contribution in [0.25, 0.3) is 0 Å². The molecule has 1 aliphatic rings. The molecule has 15 heavy (non-hydrogen) atoms. The highest BCUT2D eigenvalue weighted by atomic mass is 16.6. The van der Waals surface area contributed by atoms with Crippen LogP contribution in [0.15, 0.2) is 6.20 Å². The van der Waals surface area contributed by atoms with E-state index in [0.29, 0.717) is 19.0 Å². The molecule has 0 aromatic carbocycles. The van der Waals surface area contributed by atoms with Crippen LogP contribution in [-0.2, 0) is 11.8 Å². The molecular formula is C8H12N4O3. The third-order valence-electron chi connectivity index (χ3n) is 2.28. The highest BCUT2D eigenvalue weighted by Gasteiger charge is 2.23. The first kappa shape index (κ1) is 9.91. The van der Waals surface area contributed by atoms with Crippen molar-refractivity contribution in [3.05, 3.63) is 16.3 Å². The highest BCUT2D eigenvalue weighted by Crippen LogP contribution is 2.23. The molecule has 0 bridgehead atoms. The Morgan fingerprint density at radius 3 is 3.20 bits per heavy atom. The van der Waals surface area contributed by atoms with Crippen LogP contribution in [0.3, 0.4) is 0 Å². The summed E-state index contributed by atoms with van der Waals surface area (Å²) >= 11 is 0. The first-order chi connectivity index (χ1) is 7.16. The van der Waals surface area contributed by atoms with E-state index in [1.807, 2.05) is 0 Å². The summed E-state index contributed by atoms with van der Waals surface area (Å²) < 4.78 is 6.60. The zero-order valence-corrected chi connectivity index (χ0v) is 8.34. The van der Waals surface area contributed by atoms with Crippen molar-refractivity contribution in [2.24, 2.45) is 7.05 Å². The molecule has 1 fully saturated rings. The number of rotatable bonds is 3. The maximum Gasteiger partial charge on any atom is 0.330 e. The minimum Gasteiger partial charge on any atom is -0.379 e. The quantitative estimate of drug-likeness (QED) is 0.583. The van der Waals surface area contributed by atoms with E-state index in [1.165, 1.54) is 10.9 Å². The lowest BCUT2D eigenvalue weighted by Gasteiger charge is -2.07. The zero-order valence-electron chi connectivity index (χ0n) is 8.34. The number of anilines is 1. The van der Waals surface area contributed by atoms with E-state index in [9.17, 15) is 10.1 Å². The Balaban J connectivity index is 2.15. The van der Waals surface area contributed by atoms with E-state index in [1.54, 1.807) is 7.05 Å². The van der Waals surface area contributed by atoms with Gasteiger partial charge in [-0.2, -0.15) is 0 Å². The van der Waals surface area contributed by atoms with Crippen molar-refractivity contribution < 1.29 is 9.66 Å². The smallest absolute Gasteiger partial charge is 0.330 e. The molecule has 0 aliphatic carbocycles. The van der Waals surface area contributed by atoms with Crippen molar-refractivity contribution in [3.63, 3.8) is 0 Å². The number of nitro groups is 1. The van der Waals surface area contributed by atoms with E-state index >= 15 is 0 Å². The summed E-state index contributed by atoms with van der Waals surface area (Å²) in [6.07, 6.45) is 2.24. The number of aryl methyl sites for hydroxylation is 1. The molecule has 1 unspecified atom stereocenters. The molecule has 82 valence electrons. The molecule has 1 N–H and O–H groups in total. The van der Waals surface area contributed by atoms with Crippen molar-refractivity contribution in [3.8, 4) is 0 Å². The lowest BCUT2D eigenvalue weighted by atomic mass is 10.2. The molecule has 0 saturated carbocycles. The second kappa shape index (κ2) is 3.85. The number of nitrogens with one attached hydrogen (secondary N) is 1. The van der Waals surface area contributed by atoms with Crippen LogP contribution in [0.2, 0.25) is 0 Å². The fourth-order valence-electron chi connectivity index (χ4n) is 1.55. The summed E-state index contributed by atoms with van der Waals surface area (Å²) in [7, 11) is 1.66.